The molecule has 4 nitrogen and oxygen atoms in total. The summed E-state index contributed by atoms with van der Waals surface area (Å²) in [6, 6.07) is 2.75. The molecule has 1 aliphatic rings. The highest BCUT2D eigenvalue weighted by Gasteiger charge is 2.25. The van der Waals surface area contributed by atoms with Crippen molar-refractivity contribution in [2.45, 2.75) is 23.8 Å². The summed E-state index contributed by atoms with van der Waals surface area (Å²) in [5.41, 5.74) is 5.74. The van der Waals surface area contributed by atoms with Crippen LogP contribution in [0.3, 0.4) is 0 Å². The van der Waals surface area contributed by atoms with Crippen LogP contribution in [0, 0.1) is 0 Å². The van der Waals surface area contributed by atoms with Gasteiger partial charge in [0.15, 0.2) is 0 Å². The lowest BCUT2D eigenvalue weighted by Crippen LogP contribution is -2.38. The molecule has 1 saturated heterocycles. The fourth-order valence-corrected chi connectivity index (χ4v) is 5.09. The van der Waals surface area contributed by atoms with E-state index in [2.05, 4.69) is 4.72 Å². The number of benzene rings is 1. The number of anilines is 1. The van der Waals surface area contributed by atoms with Gasteiger partial charge in [0.2, 0.25) is 10.0 Å². The quantitative estimate of drug-likeness (QED) is 0.830. The number of rotatable bonds is 3. The number of hydrogen-bond donors (Lipinski definition) is 2. The second kappa shape index (κ2) is 6.10. The van der Waals surface area contributed by atoms with Gasteiger partial charge in [-0.05, 0) is 30.7 Å². The lowest BCUT2D eigenvalue weighted by molar-refractivity contribution is 0.543. The van der Waals surface area contributed by atoms with Gasteiger partial charge in [-0.2, -0.15) is 11.8 Å². The molecule has 1 heterocycles. The Bertz CT molecular complexity index is 572. The first-order chi connectivity index (χ1) is 8.92. The SMILES string of the molecule is Nc1c(Cl)ccc(S(=O)(=O)NC2CCCSC2)c1Cl. The average Bonchev–Trinajstić information content (AvgIpc) is 2.36. The van der Waals surface area contributed by atoms with Crippen LogP contribution in [0.15, 0.2) is 17.0 Å². The molecule has 3 N–H and O–H groups in total. The minimum absolute atomic E-state index is 0.0216. The first-order valence-corrected chi connectivity index (χ1v) is 9.15. The van der Waals surface area contributed by atoms with Gasteiger partial charge in [-0.1, -0.05) is 23.2 Å². The standard InChI is InChI=1S/C11H14Cl2N2O2S2/c12-8-3-4-9(10(13)11(8)14)19(16,17)15-7-2-1-5-18-6-7/h3-4,7,15H,1-2,5-6,14H2. The summed E-state index contributed by atoms with van der Waals surface area (Å²) in [7, 11) is -3.66. The number of nitrogen functional groups attached to an aromatic ring is 1. The molecule has 2 rings (SSSR count). The second-order valence-electron chi connectivity index (χ2n) is 4.31. The monoisotopic (exact) mass is 340 g/mol. The van der Waals surface area contributed by atoms with E-state index in [9.17, 15) is 8.42 Å². The highest BCUT2D eigenvalue weighted by Crippen LogP contribution is 2.33. The number of hydrogen-bond acceptors (Lipinski definition) is 4. The third-order valence-electron chi connectivity index (χ3n) is 2.86. The molecule has 19 heavy (non-hydrogen) atoms. The van der Waals surface area contributed by atoms with Crippen LogP contribution in [0.25, 0.3) is 0 Å². The fourth-order valence-electron chi connectivity index (χ4n) is 1.87. The molecule has 106 valence electrons. The highest BCUT2D eigenvalue weighted by molar-refractivity contribution is 7.99. The molecule has 1 aliphatic heterocycles. The van der Waals surface area contributed by atoms with Crippen LogP contribution < -0.4 is 10.5 Å². The van der Waals surface area contributed by atoms with Crippen LogP contribution in [0.4, 0.5) is 5.69 Å². The highest BCUT2D eigenvalue weighted by atomic mass is 35.5. The number of halogens is 2. The molecule has 1 aromatic carbocycles. The van der Waals surface area contributed by atoms with Gasteiger partial charge in [-0.15, -0.1) is 0 Å². The van der Waals surface area contributed by atoms with Crippen LogP contribution in [0.1, 0.15) is 12.8 Å². The van der Waals surface area contributed by atoms with E-state index in [0.29, 0.717) is 0 Å². The van der Waals surface area contributed by atoms with Gasteiger partial charge in [-0.3, -0.25) is 0 Å². The first kappa shape index (κ1) is 15.3. The minimum atomic E-state index is -3.66. The summed E-state index contributed by atoms with van der Waals surface area (Å²) in [6.45, 7) is 0. The Morgan fingerprint density at radius 3 is 2.74 bits per heavy atom. The first-order valence-electron chi connectivity index (χ1n) is 5.75. The Kier molecular flexibility index (Phi) is 4.89. The summed E-state index contributed by atoms with van der Waals surface area (Å²) < 4.78 is 27.2. The van der Waals surface area contributed by atoms with Crippen molar-refractivity contribution in [3.63, 3.8) is 0 Å². The van der Waals surface area contributed by atoms with E-state index in [0.717, 1.165) is 24.3 Å². The molecule has 0 saturated carbocycles. The summed E-state index contributed by atoms with van der Waals surface area (Å²) in [5.74, 6) is 1.85. The maximum atomic E-state index is 12.3. The van der Waals surface area contributed by atoms with Gasteiger partial charge in [0.05, 0.1) is 15.7 Å². The van der Waals surface area contributed by atoms with Crippen molar-refractivity contribution in [2.75, 3.05) is 17.2 Å². The molecule has 0 bridgehead atoms. The van der Waals surface area contributed by atoms with Gasteiger partial charge in [-0.25, -0.2) is 13.1 Å². The molecule has 0 aliphatic carbocycles. The Morgan fingerprint density at radius 2 is 2.11 bits per heavy atom. The molecule has 0 amide bonds. The predicted molar refractivity (Wildman–Crippen MR) is 81.5 cm³/mol. The van der Waals surface area contributed by atoms with Crippen LogP contribution in [0.5, 0.6) is 0 Å². The maximum absolute atomic E-state index is 12.3. The van der Waals surface area contributed by atoms with Crippen molar-refractivity contribution in [1.82, 2.24) is 4.72 Å². The third kappa shape index (κ3) is 3.49. The zero-order chi connectivity index (χ0) is 14.0. The Hall–Kier alpha value is -0.140. The van der Waals surface area contributed by atoms with Crippen LogP contribution in [-0.2, 0) is 10.0 Å². The second-order valence-corrected chi connectivity index (χ2v) is 7.93. The maximum Gasteiger partial charge on any atom is 0.242 e. The summed E-state index contributed by atoms with van der Waals surface area (Å²) in [4.78, 5) is -0.0216. The van der Waals surface area contributed by atoms with Crippen molar-refractivity contribution >= 4 is 50.7 Å². The van der Waals surface area contributed by atoms with Gasteiger partial charge >= 0.3 is 0 Å². The summed E-state index contributed by atoms with van der Waals surface area (Å²) in [6.07, 6.45) is 1.85. The van der Waals surface area contributed by atoms with Crippen LogP contribution >= 0.6 is 35.0 Å². The van der Waals surface area contributed by atoms with Crippen molar-refractivity contribution in [2.24, 2.45) is 0 Å². The van der Waals surface area contributed by atoms with Crippen molar-refractivity contribution < 1.29 is 8.42 Å². The van der Waals surface area contributed by atoms with Crippen LogP contribution in [-0.4, -0.2) is 26.0 Å². The van der Waals surface area contributed by atoms with Crippen molar-refractivity contribution in [3.8, 4) is 0 Å². The lowest BCUT2D eigenvalue weighted by atomic mass is 10.2. The number of sulfonamides is 1. The van der Waals surface area contributed by atoms with E-state index in [1.54, 1.807) is 11.8 Å². The van der Waals surface area contributed by atoms with Crippen molar-refractivity contribution in [1.29, 1.82) is 0 Å². The smallest absolute Gasteiger partial charge is 0.242 e. The Labute approximate surface area is 127 Å². The largest absolute Gasteiger partial charge is 0.396 e. The third-order valence-corrected chi connectivity index (χ3v) is 6.49. The normalized spacial score (nSPS) is 20.4. The van der Waals surface area contributed by atoms with E-state index in [1.165, 1.54) is 12.1 Å². The molecule has 0 radical (unpaired) electrons. The molecule has 0 spiro atoms. The Balaban J connectivity index is 2.26. The zero-order valence-electron chi connectivity index (χ0n) is 10.0. The van der Waals surface area contributed by atoms with E-state index in [1.807, 2.05) is 0 Å². The summed E-state index contributed by atoms with van der Waals surface area (Å²) in [5, 5.41) is 0.223. The molecule has 1 aromatic rings. The van der Waals surface area contributed by atoms with Gasteiger partial charge in [0, 0.05) is 11.8 Å². The average molecular weight is 341 g/mol. The zero-order valence-corrected chi connectivity index (χ0v) is 13.2. The number of nitrogens with two attached hydrogens (primary N) is 1. The molecular formula is C11H14Cl2N2O2S2. The molecule has 1 unspecified atom stereocenters. The van der Waals surface area contributed by atoms with E-state index < -0.39 is 10.0 Å². The lowest BCUT2D eigenvalue weighted by Gasteiger charge is -2.22. The van der Waals surface area contributed by atoms with Gasteiger partial charge in [0.1, 0.15) is 4.90 Å². The van der Waals surface area contributed by atoms with E-state index in [4.69, 9.17) is 28.9 Å². The molecule has 1 fully saturated rings. The van der Waals surface area contributed by atoms with Crippen molar-refractivity contribution in [3.05, 3.63) is 22.2 Å². The number of nitrogens with one attached hydrogen (secondary N) is 1. The van der Waals surface area contributed by atoms with E-state index in [-0.39, 0.29) is 26.7 Å². The molecule has 8 heteroatoms. The molecular weight excluding hydrogens is 327 g/mol. The van der Waals surface area contributed by atoms with Gasteiger partial charge in [0.25, 0.3) is 0 Å². The molecule has 1 atom stereocenters. The predicted octanol–water partition coefficient (Wildman–Crippen LogP) is 2.75. The van der Waals surface area contributed by atoms with E-state index >= 15 is 0 Å². The minimum Gasteiger partial charge on any atom is -0.396 e. The summed E-state index contributed by atoms with van der Waals surface area (Å²) >= 11 is 13.5. The topological polar surface area (TPSA) is 72.2 Å². The number of thioether (sulfide) groups is 1. The Morgan fingerprint density at radius 1 is 1.37 bits per heavy atom. The van der Waals surface area contributed by atoms with Crippen LogP contribution in [0.2, 0.25) is 10.0 Å². The van der Waals surface area contributed by atoms with Gasteiger partial charge < -0.3 is 5.73 Å². The molecule has 0 aromatic heterocycles. The fraction of sp³-hybridized carbons (Fsp3) is 0.455.